The van der Waals surface area contributed by atoms with Gasteiger partial charge in [-0.05, 0) is 50.5 Å². The van der Waals surface area contributed by atoms with Crippen LogP contribution in [0.4, 0.5) is 0 Å². The third-order valence-corrected chi connectivity index (χ3v) is 3.49. The zero-order valence-corrected chi connectivity index (χ0v) is 10.5. The highest BCUT2D eigenvalue weighted by Crippen LogP contribution is 2.36. The van der Waals surface area contributed by atoms with Crippen LogP contribution in [-0.4, -0.2) is 12.6 Å². The molecule has 0 spiro atoms. The Morgan fingerprint density at radius 1 is 1.33 bits per heavy atom. The van der Waals surface area contributed by atoms with Gasteiger partial charge in [-0.25, -0.2) is 0 Å². The molecule has 0 amide bonds. The Balaban J connectivity index is 1.95. The zero-order chi connectivity index (χ0) is 11.1. The van der Waals surface area contributed by atoms with Crippen LogP contribution >= 0.6 is 0 Å². The first kappa shape index (κ1) is 12.8. The van der Waals surface area contributed by atoms with Gasteiger partial charge in [-0.3, -0.25) is 0 Å². The summed E-state index contributed by atoms with van der Waals surface area (Å²) >= 11 is 0. The monoisotopic (exact) mass is 209 g/mol. The number of rotatable bonds is 7. The Morgan fingerprint density at radius 2 is 2.13 bits per heavy atom. The van der Waals surface area contributed by atoms with Crippen molar-refractivity contribution >= 4 is 0 Å². The van der Waals surface area contributed by atoms with Crippen LogP contribution in [0.3, 0.4) is 0 Å². The SMILES string of the molecule is C=CCCCCCNC1CCC(C)(C)C1. The number of nitrogens with one attached hydrogen (secondary N) is 1. The first-order valence-corrected chi connectivity index (χ1v) is 6.48. The van der Waals surface area contributed by atoms with E-state index < -0.39 is 0 Å². The van der Waals surface area contributed by atoms with E-state index in [1.54, 1.807) is 0 Å². The predicted octanol–water partition coefficient (Wildman–Crippen LogP) is 3.90. The van der Waals surface area contributed by atoms with Crippen molar-refractivity contribution in [3.8, 4) is 0 Å². The van der Waals surface area contributed by atoms with Crippen LogP contribution in [0, 0.1) is 5.41 Å². The van der Waals surface area contributed by atoms with Crippen LogP contribution in [0.15, 0.2) is 12.7 Å². The molecule has 1 heteroatoms. The molecule has 0 aromatic rings. The lowest BCUT2D eigenvalue weighted by atomic mass is 9.92. The van der Waals surface area contributed by atoms with E-state index in [0.717, 1.165) is 6.04 Å². The van der Waals surface area contributed by atoms with Crippen molar-refractivity contribution in [2.75, 3.05) is 6.54 Å². The Hall–Kier alpha value is -0.300. The van der Waals surface area contributed by atoms with Gasteiger partial charge < -0.3 is 5.32 Å². The maximum Gasteiger partial charge on any atom is 0.00723 e. The highest BCUT2D eigenvalue weighted by molar-refractivity contribution is 4.86. The molecular formula is C14H27N. The topological polar surface area (TPSA) is 12.0 Å². The maximum absolute atomic E-state index is 3.74. The first-order chi connectivity index (χ1) is 7.14. The molecule has 1 aliphatic rings. The van der Waals surface area contributed by atoms with Crippen molar-refractivity contribution in [1.82, 2.24) is 5.32 Å². The van der Waals surface area contributed by atoms with E-state index in [9.17, 15) is 0 Å². The van der Waals surface area contributed by atoms with E-state index >= 15 is 0 Å². The smallest absolute Gasteiger partial charge is 0.00723 e. The number of allylic oxidation sites excluding steroid dienone is 1. The summed E-state index contributed by atoms with van der Waals surface area (Å²) in [6.07, 6.45) is 11.3. The molecule has 0 bridgehead atoms. The summed E-state index contributed by atoms with van der Waals surface area (Å²) < 4.78 is 0. The minimum absolute atomic E-state index is 0.584. The number of hydrogen-bond donors (Lipinski definition) is 1. The van der Waals surface area contributed by atoms with Crippen molar-refractivity contribution in [3.05, 3.63) is 12.7 Å². The van der Waals surface area contributed by atoms with Gasteiger partial charge in [-0.15, -0.1) is 6.58 Å². The van der Waals surface area contributed by atoms with E-state index in [1.165, 1.54) is 51.5 Å². The average molecular weight is 209 g/mol. The molecule has 15 heavy (non-hydrogen) atoms. The lowest BCUT2D eigenvalue weighted by Gasteiger charge is -2.17. The molecule has 0 aromatic heterocycles. The van der Waals surface area contributed by atoms with E-state index in [1.807, 2.05) is 6.08 Å². The van der Waals surface area contributed by atoms with Gasteiger partial charge in [0.2, 0.25) is 0 Å². The van der Waals surface area contributed by atoms with Gasteiger partial charge in [0.1, 0.15) is 0 Å². The Labute approximate surface area is 95.3 Å². The molecule has 0 aromatic carbocycles. The van der Waals surface area contributed by atoms with Gasteiger partial charge in [0.05, 0.1) is 0 Å². The minimum Gasteiger partial charge on any atom is -0.314 e. The van der Waals surface area contributed by atoms with Gasteiger partial charge in [0.15, 0.2) is 0 Å². The van der Waals surface area contributed by atoms with Crippen LogP contribution < -0.4 is 5.32 Å². The molecule has 1 fully saturated rings. The standard InChI is InChI=1S/C14H27N/c1-4-5-6-7-8-11-15-13-9-10-14(2,3)12-13/h4,13,15H,1,5-12H2,2-3H3. The minimum atomic E-state index is 0.584. The maximum atomic E-state index is 3.74. The van der Waals surface area contributed by atoms with Gasteiger partial charge in [0, 0.05) is 6.04 Å². The van der Waals surface area contributed by atoms with Gasteiger partial charge in [0.25, 0.3) is 0 Å². The molecule has 1 N–H and O–H groups in total. The van der Waals surface area contributed by atoms with Crippen molar-refractivity contribution in [2.45, 2.75) is 64.8 Å². The van der Waals surface area contributed by atoms with E-state index in [2.05, 4.69) is 25.7 Å². The van der Waals surface area contributed by atoms with Crippen LogP contribution in [-0.2, 0) is 0 Å². The second kappa shape index (κ2) is 6.32. The zero-order valence-electron chi connectivity index (χ0n) is 10.5. The third-order valence-electron chi connectivity index (χ3n) is 3.49. The summed E-state index contributed by atoms with van der Waals surface area (Å²) in [6.45, 7) is 9.72. The summed E-state index contributed by atoms with van der Waals surface area (Å²) in [5.41, 5.74) is 0.584. The summed E-state index contributed by atoms with van der Waals surface area (Å²) in [6, 6.07) is 0.791. The Morgan fingerprint density at radius 3 is 2.73 bits per heavy atom. The lowest BCUT2D eigenvalue weighted by molar-refractivity contribution is 0.364. The van der Waals surface area contributed by atoms with Crippen molar-refractivity contribution in [2.24, 2.45) is 5.41 Å². The summed E-state index contributed by atoms with van der Waals surface area (Å²) in [4.78, 5) is 0. The van der Waals surface area contributed by atoms with Gasteiger partial charge in [-0.1, -0.05) is 26.3 Å². The largest absolute Gasteiger partial charge is 0.314 e. The van der Waals surface area contributed by atoms with Crippen LogP contribution in [0.1, 0.15) is 58.8 Å². The van der Waals surface area contributed by atoms with Crippen LogP contribution in [0.25, 0.3) is 0 Å². The van der Waals surface area contributed by atoms with Gasteiger partial charge >= 0.3 is 0 Å². The number of unbranched alkanes of at least 4 members (excludes halogenated alkanes) is 3. The van der Waals surface area contributed by atoms with Crippen LogP contribution in [0.5, 0.6) is 0 Å². The average Bonchev–Trinajstić information content (AvgIpc) is 2.52. The Bertz CT molecular complexity index is 184. The van der Waals surface area contributed by atoms with Crippen molar-refractivity contribution in [1.29, 1.82) is 0 Å². The third kappa shape index (κ3) is 5.36. The van der Waals surface area contributed by atoms with E-state index in [0.29, 0.717) is 5.41 Å². The van der Waals surface area contributed by atoms with E-state index in [4.69, 9.17) is 0 Å². The van der Waals surface area contributed by atoms with Crippen LogP contribution in [0.2, 0.25) is 0 Å². The van der Waals surface area contributed by atoms with E-state index in [-0.39, 0.29) is 0 Å². The number of hydrogen-bond acceptors (Lipinski definition) is 1. The molecule has 1 aliphatic carbocycles. The molecule has 88 valence electrons. The molecule has 1 unspecified atom stereocenters. The highest BCUT2D eigenvalue weighted by Gasteiger charge is 2.30. The summed E-state index contributed by atoms with van der Waals surface area (Å²) in [7, 11) is 0. The summed E-state index contributed by atoms with van der Waals surface area (Å²) in [5.74, 6) is 0. The molecule has 0 saturated heterocycles. The fourth-order valence-corrected chi connectivity index (χ4v) is 2.51. The molecule has 0 heterocycles. The normalized spacial score (nSPS) is 24.3. The molecule has 1 atom stereocenters. The molecular weight excluding hydrogens is 182 g/mol. The van der Waals surface area contributed by atoms with Crippen molar-refractivity contribution < 1.29 is 0 Å². The molecule has 0 aliphatic heterocycles. The van der Waals surface area contributed by atoms with Crippen molar-refractivity contribution in [3.63, 3.8) is 0 Å². The quantitative estimate of drug-likeness (QED) is 0.495. The fourth-order valence-electron chi connectivity index (χ4n) is 2.51. The predicted molar refractivity (Wildman–Crippen MR) is 68.1 cm³/mol. The second-order valence-corrected chi connectivity index (χ2v) is 5.70. The molecule has 1 nitrogen and oxygen atoms in total. The molecule has 1 rings (SSSR count). The highest BCUT2D eigenvalue weighted by atomic mass is 14.9. The fraction of sp³-hybridized carbons (Fsp3) is 0.857. The summed E-state index contributed by atoms with van der Waals surface area (Å²) in [5, 5.41) is 3.69. The molecule has 1 saturated carbocycles. The van der Waals surface area contributed by atoms with Gasteiger partial charge in [-0.2, -0.15) is 0 Å². The lowest BCUT2D eigenvalue weighted by Crippen LogP contribution is -2.28. The second-order valence-electron chi connectivity index (χ2n) is 5.70. The molecule has 0 radical (unpaired) electrons. The first-order valence-electron chi connectivity index (χ1n) is 6.48. The Kier molecular flexibility index (Phi) is 5.38.